The first-order valence-corrected chi connectivity index (χ1v) is 8.89. The molecule has 0 rings (SSSR count). The van der Waals surface area contributed by atoms with E-state index in [0.29, 0.717) is 12.3 Å². The number of carboxylic acid groups (broad SMARTS) is 2. The Morgan fingerprint density at radius 3 is 1.91 bits per heavy atom. The summed E-state index contributed by atoms with van der Waals surface area (Å²) in [7, 11) is -5.01. The molecule has 0 saturated heterocycles. The van der Waals surface area contributed by atoms with E-state index in [4.69, 9.17) is 10.2 Å². The third kappa shape index (κ3) is 6.74. The molecule has 22 heavy (non-hydrogen) atoms. The zero-order valence-electron chi connectivity index (χ0n) is 13.1. The highest BCUT2D eigenvalue weighted by atomic mass is 32.2. The summed E-state index contributed by atoms with van der Waals surface area (Å²) >= 11 is 0. The van der Waals surface area contributed by atoms with Crippen LogP contribution < -0.4 is 0 Å². The van der Waals surface area contributed by atoms with E-state index in [9.17, 15) is 22.6 Å². The van der Waals surface area contributed by atoms with E-state index in [2.05, 4.69) is 13.8 Å². The maximum Gasteiger partial charge on any atom is 0.328 e. The predicted molar refractivity (Wildman–Crippen MR) is 81.3 cm³/mol. The standard InChI is InChI=1S/C14H26O7S/c1-11(2)8-6-4-3-5-7-9-14(13(17)18,10-12(15)16)22(19,20)21/h11H,3-10H2,1-2H3,(H,15,16)(H,17,18)(H,19,20,21). The lowest BCUT2D eigenvalue weighted by molar-refractivity contribution is -0.147. The van der Waals surface area contributed by atoms with Gasteiger partial charge in [0.2, 0.25) is 4.75 Å². The SMILES string of the molecule is CC(C)CCCCCCCC(CC(=O)O)(C(=O)O)S(=O)(=O)O. The smallest absolute Gasteiger partial charge is 0.328 e. The van der Waals surface area contributed by atoms with E-state index >= 15 is 0 Å². The lowest BCUT2D eigenvalue weighted by Crippen LogP contribution is -2.48. The van der Waals surface area contributed by atoms with Crippen molar-refractivity contribution < 1.29 is 32.8 Å². The van der Waals surface area contributed by atoms with Crippen LogP contribution in [0.2, 0.25) is 0 Å². The molecule has 0 aromatic heterocycles. The number of carboxylic acids is 2. The number of hydrogen-bond acceptors (Lipinski definition) is 4. The fourth-order valence-electron chi connectivity index (χ4n) is 2.34. The number of unbranched alkanes of at least 4 members (excludes halogenated alkanes) is 4. The Morgan fingerprint density at radius 2 is 1.50 bits per heavy atom. The van der Waals surface area contributed by atoms with Crippen LogP contribution in [-0.2, 0) is 19.7 Å². The summed E-state index contributed by atoms with van der Waals surface area (Å²) < 4.78 is 29.3. The van der Waals surface area contributed by atoms with Gasteiger partial charge in [-0.3, -0.25) is 14.1 Å². The van der Waals surface area contributed by atoms with E-state index in [1.807, 2.05) is 0 Å². The highest BCUT2D eigenvalue weighted by Gasteiger charge is 2.51. The molecule has 3 N–H and O–H groups in total. The maximum atomic E-state index is 11.4. The Hall–Kier alpha value is -1.15. The van der Waals surface area contributed by atoms with Gasteiger partial charge in [-0.2, -0.15) is 8.42 Å². The minimum Gasteiger partial charge on any atom is -0.481 e. The molecule has 8 heteroatoms. The zero-order chi connectivity index (χ0) is 17.4. The van der Waals surface area contributed by atoms with Crippen LogP contribution in [0.1, 0.15) is 65.2 Å². The number of aliphatic carboxylic acids is 2. The average molecular weight is 338 g/mol. The molecule has 0 aromatic carbocycles. The zero-order valence-corrected chi connectivity index (χ0v) is 13.9. The third-order valence-corrected chi connectivity index (χ3v) is 5.19. The first kappa shape index (κ1) is 20.9. The minimum absolute atomic E-state index is 0.237. The first-order valence-electron chi connectivity index (χ1n) is 7.45. The predicted octanol–water partition coefficient (Wildman–Crippen LogP) is 2.56. The van der Waals surface area contributed by atoms with Gasteiger partial charge in [0.1, 0.15) is 0 Å². The van der Waals surface area contributed by atoms with Gasteiger partial charge in [-0.1, -0.05) is 52.4 Å². The van der Waals surface area contributed by atoms with Crippen LogP contribution in [0.15, 0.2) is 0 Å². The molecule has 0 aliphatic rings. The van der Waals surface area contributed by atoms with Crippen LogP contribution in [0.4, 0.5) is 0 Å². The Bertz CT molecular complexity index is 470. The fourth-order valence-corrected chi connectivity index (χ4v) is 3.27. The highest BCUT2D eigenvalue weighted by molar-refractivity contribution is 7.88. The molecule has 130 valence electrons. The van der Waals surface area contributed by atoms with Gasteiger partial charge < -0.3 is 10.2 Å². The molecule has 0 fully saturated rings. The molecule has 0 aromatic rings. The molecule has 1 unspecified atom stereocenters. The molecule has 1 atom stereocenters. The van der Waals surface area contributed by atoms with Crippen LogP contribution in [0.3, 0.4) is 0 Å². The fraction of sp³-hybridized carbons (Fsp3) is 0.857. The third-order valence-electron chi connectivity index (χ3n) is 3.68. The van der Waals surface area contributed by atoms with Gasteiger partial charge in [0.15, 0.2) is 0 Å². The van der Waals surface area contributed by atoms with E-state index in [1.54, 1.807) is 0 Å². The summed E-state index contributed by atoms with van der Waals surface area (Å²) in [5, 5.41) is 17.9. The summed E-state index contributed by atoms with van der Waals surface area (Å²) in [6, 6.07) is 0. The van der Waals surface area contributed by atoms with Crippen molar-refractivity contribution in [3.05, 3.63) is 0 Å². The first-order chi connectivity index (χ1) is 10.0. The minimum atomic E-state index is -5.01. The van der Waals surface area contributed by atoms with Crippen LogP contribution in [0.25, 0.3) is 0 Å². The van der Waals surface area contributed by atoms with Gasteiger partial charge in [-0.15, -0.1) is 0 Å². The summed E-state index contributed by atoms with van der Waals surface area (Å²) in [6.45, 7) is 4.25. The van der Waals surface area contributed by atoms with E-state index in [-0.39, 0.29) is 6.42 Å². The summed E-state index contributed by atoms with van der Waals surface area (Å²) in [6.07, 6.45) is 3.22. The normalized spacial score (nSPS) is 14.7. The second kappa shape index (κ2) is 9.09. The second-order valence-corrected chi connectivity index (χ2v) is 7.78. The molecule has 0 heterocycles. The van der Waals surface area contributed by atoms with Crippen LogP contribution >= 0.6 is 0 Å². The summed E-state index contributed by atoms with van der Waals surface area (Å²) in [5.41, 5.74) is 0. The monoisotopic (exact) mass is 338 g/mol. The van der Waals surface area contributed by atoms with Gasteiger partial charge >= 0.3 is 11.9 Å². The van der Waals surface area contributed by atoms with E-state index in [0.717, 1.165) is 25.7 Å². The van der Waals surface area contributed by atoms with Gasteiger partial charge in [-0.05, 0) is 12.3 Å². The summed E-state index contributed by atoms with van der Waals surface area (Å²) in [4.78, 5) is 22.0. The average Bonchev–Trinajstić information content (AvgIpc) is 2.33. The van der Waals surface area contributed by atoms with Gasteiger partial charge in [0.25, 0.3) is 10.1 Å². The number of hydrogen-bond donors (Lipinski definition) is 3. The molecule has 0 amide bonds. The molecule has 0 saturated carbocycles. The lowest BCUT2D eigenvalue weighted by atomic mass is 9.95. The molecule has 0 aliphatic heterocycles. The van der Waals surface area contributed by atoms with Gasteiger partial charge in [0, 0.05) is 0 Å². The van der Waals surface area contributed by atoms with Crippen molar-refractivity contribution in [2.24, 2.45) is 5.92 Å². The second-order valence-electron chi connectivity index (χ2n) is 6.05. The van der Waals surface area contributed by atoms with Crippen molar-refractivity contribution in [1.29, 1.82) is 0 Å². The van der Waals surface area contributed by atoms with Crippen LogP contribution in [0.5, 0.6) is 0 Å². The summed E-state index contributed by atoms with van der Waals surface area (Å²) in [5.74, 6) is -2.77. The quantitative estimate of drug-likeness (QED) is 0.368. The van der Waals surface area contributed by atoms with Crippen LogP contribution in [0, 0.1) is 5.92 Å². The number of rotatable bonds is 12. The van der Waals surface area contributed by atoms with Crippen molar-refractivity contribution in [3.8, 4) is 0 Å². The van der Waals surface area contributed by atoms with Crippen molar-refractivity contribution in [1.82, 2.24) is 0 Å². The molecule has 7 nitrogen and oxygen atoms in total. The van der Waals surface area contributed by atoms with Crippen molar-refractivity contribution >= 4 is 22.1 Å². The van der Waals surface area contributed by atoms with Crippen molar-refractivity contribution in [2.45, 2.75) is 70.0 Å². The Morgan fingerprint density at radius 1 is 1.00 bits per heavy atom. The van der Waals surface area contributed by atoms with Crippen molar-refractivity contribution in [3.63, 3.8) is 0 Å². The van der Waals surface area contributed by atoms with Gasteiger partial charge in [-0.25, -0.2) is 0 Å². The van der Waals surface area contributed by atoms with E-state index < -0.39 is 39.6 Å². The molecule has 0 radical (unpaired) electrons. The van der Waals surface area contributed by atoms with E-state index in [1.165, 1.54) is 0 Å². The maximum absolute atomic E-state index is 11.4. The molecule has 0 spiro atoms. The lowest BCUT2D eigenvalue weighted by Gasteiger charge is -2.24. The van der Waals surface area contributed by atoms with Crippen LogP contribution in [-0.4, -0.2) is 39.9 Å². The largest absolute Gasteiger partial charge is 0.481 e. The Labute approximate surface area is 131 Å². The number of carbonyl (C=O) groups is 2. The molecular weight excluding hydrogens is 312 g/mol. The molecule has 0 aliphatic carbocycles. The Kier molecular flexibility index (Phi) is 8.62. The topological polar surface area (TPSA) is 129 Å². The van der Waals surface area contributed by atoms with Gasteiger partial charge in [0.05, 0.1) is 6.42 Å². The van der Waals surface area contributed by atoms with Crippen molar-refractivity contribution in [2.75, 3.05) is 0 Å². The Balaban J connectivity index is 4.56. The highest BCUT2D eigenvalue weighted by Crippen LogP contribution is 2.29. The molecular formula is C14H26O7S. The molecule has 0 bridgehead atoms.